The predicted octanol–water partition coefficient (Wildman–Crippen LogP) is 2.09. The van der Waals surface area contributed by atoms with Gasteiger partial charge in [0.15, 0.2) is 0 Å². The average Bonchev–Trinajstić information content (AvgIpc) is 2.65. The summed E-state index contributed by atoms with van der Waals surface area (Å²) in [7, 11) is 1.94. The van der Waals surface area contributed by atoms with E-state index in [1.165, 1.54) is 9.75 Å². The van der Waals surface area contributed by atoms with Crippen LogP contribution in [-0.2, 0) is 17.6 Å². The fraction of sp³-hybridized carbons (Fsp3) is 0.636. The summed E-state index contributed by atoms with van der Waals surface area (Å²) in [6, 6.07) is 4.43. The molecule has 14 heavy (non-hydrogen) atoms. The molecular weight excluding hydrogens is 194 g/mol. The molecule has 0 radical (unpaired) electrons. The highest BCUT2D eigenvalue weighted by Crippen LogP contribution is 2.17. The molecule has 1 aromatic rings. The van der Waals surface area contributed by atoms with Crippen LogP contribution in [0.5, 0.6) is 0 Å². The summed E-state index contributed by atoms with van der Waals surface area (Å²) in [6.45, 7) is 4.78. The summed E-state index contributed by atoms with van der Waals surface area (Å²) in [5, 5.41) is 3.06. The van der Waals surface area contributed by atoms with E-state index in [0.717, 1.165) is 32.6 Å². The van der Waals surface area contributed by atoms with Gasteiger partial charge in [-0.25, -0.2) is 0 Å². The van der Waals surface area contributed by atoms with Crippen LogP contribution in [0, 0.1) is 0 Å². The Morgan fingerprint density at radius 3 is 2.71 bits per heavy atom. The number of ether oxygens (including phenoxy) is 1. The zero-order valence-corrected chi connectivity index (χ0v) is 9.82. The standard InChI is InChI=1S/C11H19NOS/c1-3-10-4-5-11(14-10)6-8-13-9-7-12-2/h4-5,12H,3,6-9H2,1-2H3. The van der Waals surface area contributed by atoms with Crippen LogP contribution in [-0.4, -0.2) is 26.8 Å². The van der Waals surface area contributed by atoms with Crippen LogP contribution >= 0.6 is 11.3 Å². The van der Waals surface area contributed by atoms with Crippen LogP contribution in [0.25, 0.3) is 0 Å². The number of hydrogen-bond acceptors (Lipinski definition) is 3. The first kappa shape index (κ1) is 11.7. The lowest BCUT2D eigenvalue weighted by atomic mass is 10.3. The van der Waals surface area contributed by atoms with Crippen molar-refractivity contribution in [1.82, 2.24) is 5.32 Å². The van der Waals surface area contributed by atoms with E-state index >= 15 is 0 Å². The third kappa shape index (κ3) is 4.22. The van der Waals surface area contributed by atoms with Gasteiger partial charge in [-0.3, -0.25) is 0 Å². The minimum Gasteiger partial charge on any atom is -0.380 e. The molecule has 0 saturated heterocycles. The SMILES string of the molecule is CCc1ccc(CCOCCNC)s1. The molecule has 0 unspecified atom stereocenters. The van der Waals surface area contributed by atoms with E-state index in [1.54, 1.807) is 0 Å². The highest BCUT2D eigenvalue weighted by atomic mass is 32.1. The van der Waals surface area contributed by atoms with Crippen molar-refractivity contribution in [2.75, 3.05) is 26.8 Å². The number of aryl methyl sites for hydroxylation is 1. The van der Waals surface area contributed by atoms with Crippen LogP contribution in [0.2, 0.25) is 0 Å². The second-order valence-electron chi connectivity index (χ2n) is 3.19. The Morgan fingerprint density at radius 1 is 1.29 bits per heavy atom. The highest BCUT2D eigenvalue weighted by molar-refractivity contribution is 7.11. The minimum atomic E-state index is 0.808. The maximum absolute atomic E-state index is 5.47. The summed E-state index contributed by atoms with van der Waals surface area (Å²) < 4.78 is 5.47. The van der Waals surface area contributed by atoms with Crippen molar-refractivity contribution in [3.8, 4) is 0 Å². The number of rotatable bonds is 7. The molecule has 1 aromatic heterocycles. The second-order valence-corrected chi connectivity index (χ2v) is 4.44. The Balaban J connectivity index is 2.12. The molecule has 0 spiro atoms. The molecule has 0 aliphatic heterocycles. The molecular formula is C11H19NOS. The van der Waals surface area contributed by atoms with Crippen molar-refractivity contribution in [3.63, 3.8) is 0 Å². The van der Waals surface area contributed by atoms with Crippen LogP contribution in [0.15, 0.2) is 12.1 Å². The molecule has 0 aliphatic rings. The van der Waals surface area contributed by atoms with Gasteiger partial charge in [-0.2, -0.15) is 0 Å². The molecule has 0 amide bonds. The largest absolute Gasteiger partial charge is 0.380 e. The first-order valence-corrected chi connectivity index (χ1v) is 5.98. The van der Waals surface area contributed by atoms with Crippen molar-refractivity contribution in [1.29, 1.82) is 0 Å². The molecule has 0 aromatic carbocycles. The summed E-state index contributed by atoms with van der Waals surface area (Å²) in [5.74, 6) is 0. The maximum atomic E-state index is 5.47. The van der Waals surface area contributed by atoms with Gasteiger partial charge in [0.1, 0.15) is 0 Å². The summed E-state index contributed by atoms with van der Waals surface area (Å²) in [4.78, 5) is 2.90. The van der Waals surface area contributed by atoms with Gasteiger partial charge < -0.3 is 10.1 Å². The third-order valence-electron chi connectivity index (χ3n) is 2.05. The van der Waals surface area contributed by atoms with Crippen molar-refractivity contribution in [3.05, 3.63) is 21.9 Å². The molecule has 0 saturated carbocycles. The molecule has 1 heterocycles. The van der Waals surface area contributed by atoms with E-state index in [-0.39, 0.29) is 0 Å². The highest BCUT2D eigenvalue weighted by Gasteiger charge is 1.98. The zero-order valence-electron chi connectivity index (χ0n) is 9.01. The number of thiophene rings is 1. The van der Waals surface area contributed by atoms with E-state index in [4.69, 9.17) is 4.74 Å². The number of likely N-dealkylation sites (N-methyl/N-ethyl adjacent to an activating group) is 1. The van der Waals surface area contributed by atoms with Crippen LogP contribution in [0.3, 0.4) is 0 Å². The van der Waals surface area contributed by atoms with Gasteiger partial charge in [0.2, 0.25) is 0 Å². The molecule has 0 bridgehead atoms. The molecule has 1 N–H and O–H groups in total. The van der Waals surface area contributed by atoms with Gasteiger partial charge in [-0.15, -0.1) is 11.3 Å². The quantitative estimate of drug-likeness (QED) is 0.700. The summed E-state index contributed by atoms with van der Waals surface area (Å²) >= 11 is 1.90. The first-order valence-electron chi connectivity index (χ1n) is 5.16. The van der Waals surface area contributed by atoms with Gasteiger partial charge in [0.25, 0.3) is 0 Å². The monoisotopic (exact) mass is 213 g/mol. The van der Waals surface area contributed by atoms with Gasteiger partial charge in [0.05, 0.1) is 13.2 Å². The Hall–Kier alpha value is -0.380. The second kappa shape index (κ2) is 6.98. The van der Waals surface area contributed by atoms with Crippen molar-refractivity contribution < 1.29 is 4.74 Å². The number of nitrogens with one attached hydrogen (secondary N) is 1. The van der Waals surface area contributed by atoms with Gasteiger partial charge in [-0.1, -0.05) is 6.92 Å². The van der Waals surface area contributed by atoms with E-state index in [1.807, 2.05) is 18.4 Å². The van der Waals surface area contributed by atoms with Crippen molar-refractivity contribution in [2.45, 2.75) is 19.8 Å². The summed E-state index contributed by atoms with van der Waals surface area (Å²) in [5.41, 5.74) is 0. The van der Waals surface area contributed by atoms with Gasteiger partial charge in [-0.05, 0) is 25.6 Å². The lowest BCUT2D eigenvalue weighted by Gasteiger charge is -2.01. The van der Waals surface area contributed by atoms with Gasteiger partial charge >= 0.3 is 0 Å². The topological polar surface area (TPSA) is 21.3 Å². The van der Waals surface area contributed by atoms with Crippen LogP contribution < -0.4 is 5.32 Å². The van der Waals surface area contributed by atoms with Gasteiger partial charge in [0, 0.05) is 22.7 Å². The van der Waals surface area contributed by atoms with Crippen molar-refractivity contribution in [2.24, 2.45) is 0 Å². The Bertz CT molecular complexity index is 247. The number of hydrogen-bond donors (Lipinski definition) is 1. The molecule has 0 aliphatic carbocycles. The molecule has 0 atom stereocenters. The van der Waals surface area contributed by atoms with Crippen LogP contribution in [0.1, 0.15) is 16.7 Å². The fourth-order valence-corrected chi connectivity index (χ4v) is 2.13. The average molecular weight is 213 g/mol. The zero-order chi connectivity index (χ0) is 10.2. The van der Waals surface area contributed by atoms with Crippen LogP contribution in [0.4, 0.5) is 0 Å². The normalized spacial score (nSPS) is 10.7. The van der Waals surface area contributed by atoms with Crippen molar-refractivity contribution >= 4 is 11.3 Å². The lowest BCUT2D eigenvalue weighted by Crippen LogP contribution is -2.14. The van der Waals surface area contributed by atoms with E-state index in [0.29, 0.717) is 0 Å². The lowest BCUT2D eigenvalue weighted by molar-refractivity contribution is 0.141. The fourth-order valence-electron chi connectivity index (χ4n) is 1.20. The Labute approximate surface area is 90.3 Å². The smallest absolute Gasteiger partial charge is 0.0590 e. The Morgan fingerprint density at radius 2 is 2.07 bits per heavy atom. The van der Waals surface area contributed by atoms with E-state index < -0.39 is 0 Å². The minimum absolute atomic E-state index is 0.808. The maximum Gasteiger partial charge on any atom is 0.0590 e. The predicted molar refractivity (Wildman–Crippen MR) is 62.1 cm³/mol. The third-order valence-corrected chi connectivity index (χ3v) is 3.34. The van der Waals surface area contributed by atoms with E-state index in [2.05, 4.69) is 24.4 Å². The molecule has 2 nitrogen and oxygen atoms in total. The first-order chi connectivity index (χ1) is 6.86. The molecule has 0 fully saturated rings. The Kier molecular flexibility index (Phi) is 5.83. The molecule has 3 heteroatoms. The molecule has 1 rings (SSSR count). The van der Waals surface area contributed by atoms with E-state index in [9.17, 15) is 0 Å². The summed E-state index contributed by atoms with van der Waals surface area (Å²) in [6.07, 6.45) is 2.19. The molecule has 80 valence electrons.